The summed E-state index contributed by atoms with van der Waals surface area (Å²) in [7, 11) is 0.794. The van der Waals surface area contributed by atoms with Crippen LogP contribution in [0.2, 0.25) is 0 Å². The van der Waals surface area contributed by atoms with Crippen molar-refractivity contribution in [3.05, 3.63) is 0 Å². The van der Waals surface area contributed by atoms with Gasteiger partial charge in [0.2, 0.25) is 0 Å². The molecule has 0 saturated carbocycles. The van der Waals surface area contributed by atoms with E-state index in [4.69, 9.17) is 24.3 Å². The largest absolute Gasteiger partial charge is 2.00 e. The first kappa shape index (κ1) is 36.0. The summed E-state index contributed by atoms with van der Waals surface area (Å²) >= 11 is 0. The Bertz CT molecular complexity index is 110. The van der Waals surface area contributed by atoms with Crippen LogP contribution in [0, 0.1) is 0 Å². The Hall–Kier alpha value is 0.623. The molecule has 100 valence electrons. The molecule has 0 spiro atoms. The van der Waals surface area contributed by atoms with Gasteiger partial charge in [-0.1, -0.05) is 0 Å². The van der Waals surface area contributed by atoms with Crippen LogP contribution in [0.25, 0.3) is 0 Å². The topological polar surface area (TPSA) is 204 Å². The van der Waals surface area contributed by atoms with Gasteiger partial charge in [-0.15, -0.1) is 9.05 Å². The molecule has 9 nitrogen and oxygen atoms in total. The molecule has 0 aliphatic carbocycles. The Morgan fingerprint density at radius 1 is 1.00 bits per heavy atom. The fourth-order valence-corrected chi connectivity index (χ4v) is 0.300. The summed E-state index contributed by atoms with van der Waals surface area (Å²) in [6.07, 6.45) is 0. The summed E-state index contributed by atoms with van der Waals surface area (Å²) in [4.78, 5) is 33.1. The minimum atomic E-state index is -5.36. The van der Waals surface area contributed by atoms with Gasteiger partial charge in [0.1, 0.15) is 6.54 Å². The van der Waals surface area contributed by atoms with Crippen LogP contribution in [-0.2, 0) is 0 Å². The molecule has 11 heteroatoms. The van der Waals surface area contributed by atoms with Crippen molar-refractivity contribution in [3.8, 4) is 0 Å². The average molecular weight is 276 g/mol. The van der Waals surface area contributed by atoms with E-state index in [0.717, 1.165) is 11.0 Å². The van der Waals surface area contributed by atoms with Crippen molar-refractivity contribution in [1.29, 1.82) is 0 Å². The van der Waals surface area contributed by atoms with Gasteiger partial charge >= 0.3 is 23.1 Å². The van der Waals surface area contributed by atoms with Gasteiger partial charge in [0, 0.05) is 0 Å². The normalized spacial score (nSPS) is 9.00. The van der Waals surface area contributed by atoms with E-state index in [-0.39, 0.29) is 46.1 Å². The summed E-state index contributed by atoms with van der Waals surface area (Å²) in [6.45, 7) is 1.11. The van der Waals surface area contributed by atoms with Gasteiger partial charge in [-0.05, 0) is 0 Å². The van der Waals surface area contributed by atoms with Crippen molar-refractivity contribution in [2.45, 2.75) is 0 Å². The third-order valence-corrected chi connectivity index (χ3v) is 0.771. The maximum atomic E-state index is 8.69. The first-order valence-corrected chi connectivity index (χ1v) is 4.98. The minimum Gasteiger partial charge on any atom is -0.861 e. The van der Waals surface area contributed by atoms with Gasteiger partial charge in [-0.2, -0.15) is 0 Å². The van der Waals surface area contributed by atoms with E-state index >= 15 is 0 Å². The summed E-state index contributed by atoms with van der Waals surface area (Å²) in [5, 5.41) is 8.39. The Kier molecular flexibility index (Phi) is 35.1. The number of aliphatic hydroxyl groups is 1. The second kappa shape index (κ2) is 15.6. The predicted octanol–water partition coefficient (Wildman–Crippen LogP) is -7.67. The van der Waals surface area contributed by atoms with Crippen LogP contribution in [0.15, 0.2) is 0 Å². The number of rotatable bonds is 2. The Labute approximate surface area is 112 Å². The predicted molar refractivity (Wildman–Crippen MR) is 54.6 cm³/mol. The van der Waals surface area contributed by atoms with E-state index in [0.29, 0.717) is 0 Å². The van der Waals surface area contributed by atoms with Crippen molar-refractivity contribution >= 4 is 32.1 Å². The van der Waals surface area contributed by atoms with Gasteiger partial charge in [-0.25, -0.2) is 0 Å². The van der Waals surface area contributed by atoms with E-state index in [2.05, 4.69) is 21.1 Å². The first-order chi connectivity index (χ1) is 5.06. The van der Waals surface area contributed by atoms with Crippen LogP contribution in [0.1, 0.15) is 0 Å². The summed E-state index contributed by atoms with van der Waals surface area (Å²) < 4.78 is 0.844. The molecule has 0 heterocycles. The first-order valence-electron chi connectivity index (χ1n) is 3.31. The van der Waals surface area contributed by atoms with Crippen LogP contribution in [0.5, 0.6) is 0 Å². The molecule has 16 heavy (non-hydrogen) atoms. The van der Waals surface area contributed by atoms with Crippen molar-refractivity contribution in [1.82, 2.24) is 0 Å². The second-order valence-electron chi connectivity index (χ2n) is 3.26. The Morgan fingerprint density at radius 2 is 1.19 bits per heavy atom. The standard InChI is InChI=1S/C5H14NO.Mg.HO4Si.3H2O/c1-6(2,3)4-5-7;;1-5(2,3)4;;;/h7H,4-5H2,1-3H3;;1H;3*1H2/q+1;+2;-3;;;. The Balaban J connectivity index is -0.0000000258. The van der Waals surface area contributed by atoms with E-state index in [9.17, 15) is 0 Å². The molecular weight excluding hydrogens is 254 g/mol. The van der Waals surface area contributed by atoms with Gasteiger partial charge in [-0.3, -0.25) is 0 Å². The molecule has 0 aliphatic rings. The molecule has 0 radical (unpaired) electrons. The molecule has 0 aromatic heterocycles. The van der Waals surface area contributed by atoms with Crippen molar-refractivity contribution in [2.75, 3.05) is 34.3 Å². The SMILES string of the molecule is C[N+](C)(C)CCO.O.O.O.[Mg+2].[O-][Si]([O-])([O-])O. The van der Waals surface area contributed by atoms with E-state index in [1.807, 2.05) is 0 Å². The fraction of sp³-hybridized carbons (Fsp3) is 1.00. The molecule has 0 unspecified atom stereocenters. The van der Waals surface area contributed by atoms with Gasteiger partial charge < -0.3 is 45.2 Å². The van der Waals surface area contributed by atoms with Crippen LogP contribution in [-0.4, -0.2) is 97.2 Å². The molecule has 0 saturated heterocycles. The molecule has 0 rings (SSSR count). The summed E-state index contributed by atoms with van der Waals surface area (Å²) in [5.74, 6) is 0. The molecule has 0 amide bonds. The van der Waals surface area contributed by atoms with E-state index < -0.39 is 9.05 Å². The molecule has 0 aromatic carbocycles. The van der Waals surface area contributed by atoms with Crippen molar-refractivity contribution in [3.63, 3.8) is 0 Å². The zero-order valence-corrected chi connectivity index (χ0v) is 12.1. The fourth-order valence-electron chi connectivity index (χ4n) is 0.300. The maximum Gasteiger partial charge on any atom is 2.00 e. The third-order valence-electron chi connectivity index (χ3n) is 0.771. The second-order valence-corrected chi connectivity index (χ2v) is 4.31. The quantitative estimate of drug-likeness (QED) is 0.371. The summed E-state index contributed by atoms with van der Waals surface area (Å²) in [6, 6.07) is 0. The van der Waals surface area contributed by atoms with Gasteiger partial charge in [0.25, 0.3) is 0 Å². The van der Waals surface area contributed by atoms with Crippen LogP contribution in [0.4, 0.5) is 0 Å². The monoisotopic (exact) mass is 275 g/mol. The number of nitrogens with zero attached hydrogens (tertiary/aromatic N) is 1. The molecule has 0 aromatic rings. The number of hydrogen-bond acceptors (Lipinski definition) is 5. The van der Waals surface area contributed by atoms with Crippen LogP contribution < -0.4 is 14.4 Å². The van der Waals surface area contributed by atoms with E-state index in [1.165, 1.54) is 0 Å². The van der Waals surface area contributed by atoms with Crippen LogP contribution in [0.3, 0.4) is 0 Å². The molecule has 0 bridgehead atoms. The zero-order valence-electron chi connectivity index (χ0n) is 9.69. The van der Waals surface area contributed by atoms with E-state index in [1.54, 1.807) is 0 Å². The number of hydrogen-bond donors (Lipinski definition) is 2. The molecular formula is C5H21MgNO8Si. The minimum absolute atomic E-state index is 0. The van der Waals surface area contributed by atoms with Gasteiger partial charge in [0.15, 0.2) is 0 Å². The molecule has 0 aliphatic heterocycles. The molecule has 0 atom stereocenters. The number of quaternary nitrogens is 1. The van der Waals surface area contributed by atoms with Gasteiger partial charge in [0.05, 0.1) is 27.7 Å². The van der Waals surface area contributed by atoms with Crippen LogP contribution >= 0.6 is 0 Å². The maximum absolute atomic E-state index is 8.69. The smallest absolute Gasteiger partial charge is 0.861 e. The van der Waals surface area contributed by atoms with Crippen molar-refractivity contribution in [2.24, 2.45) is 0 Å². The average Bonchev–Trinajstić information content (AvgIpc) is 1.54. The molecule has 8 N–H and O–H groups in total. The Morgan fingerprint density at radius 3 is 1.19 bits per heavy atom. The third kappa shape index (κ3) is 127. The number of likely N-dealkylation sites (N-methyl/N-ethyl adjacent to an activating group) is 1. The zero-order chi connectivity index (χ0) is 10.4. The summed E-state index contributed by atoms with van der Waals surface area (Å²) in [5.41, 5.74) is 0. The van der Waals surface area contributed by atoms with Crippen molar-refractivity contribution < 1.29 is 45.2 Å². The molecule has 0 fully saturated rings. The number of aliphatic hydroxyl groups excluding tert-OH is 1.